The molecule has 0 saturated carbocycles. The molecule has 0 saturated heterocycles. The lowest BCUT2D eigenvalue weighted by Crippen LogP contribution is -2.42. The fourth-order valence-electron chi connectivity index (χ4n) is 2.99. The van der Waals surface area contributed by atoms with Gasteiger partial charge in [0.25, 0.3) is 0 Å². The predicted molar refractivity (Wildman–Crippen MR) is 92.8 cm³/mol. The largest absolute Gasteiger partial charge is 0.389 e. The quantitative estimate of drug-likeness (QED) is 0.232. The summed E-state index contributed by atoms with van der Waals surface area (Å²) in [5.41, 5.74) is -1.09. The van der Waals surface area contributed by atoms with Crippen molar-refractivity contribution in [2.24, 2.45) is 0 Å². The van der Waals surface area contributed by atoms with Crippen molar-refractivity contribution in [2.45, 2.75) is 109 Å². The third-order valence-corrected chi connectivity index (χ3v) is 4.67. The molecular formula is C18H37NO3. The number of rotatable bonds is 16. The summed E-state index contributed by atoms with van der Waals surface area (Å²) < 4.78 is 0. The van der Waals surface area contributed by atoms with E-state index in [2.05, 4.69) is 13.8 Å². The van der Waals surface area contributed by atoms with Crippen LogP contribution >= 0.6 is 0 Å². The van der Waals surface area contributed by atoms with Crippen molar-refractivity contribution in [3.63, 3.8) is 0 Å². The molecule has 22 heavy (non-hydrogen) atoms. The summed E-state index contributed by atoms with van der Waals surface area (Å²) in [4.78, 5) is 11.2. The first-order chi connectivity index (χ1) is 10.6. The maximum atomic E-state index is 11.4. The third kappa shape index (κ3) is 9.39. The molecule has 0 aliphatic rings. The number of hydrogen-bond donors (Lipinski definition) is 1. The zero-order valence-electron chi connectivity index (χ0n) is 14.8. The predicted octanol–water partition coefficient (Wildman–Crippen LogP) is 5.50. The molecule has 0 fully saturated rings. The Morgan fingerprint density at radius 3 is 1.45 bits per heavy atom. The van der Waals surface area contributed by atoms with Crippen molar-refractivity contribution >= 4 is 0 Å². The van der Waals surface area contributed by atoms with Crippen LogP contribution in [-0.4, -0.2) is 22.2 Å². The van der Waals surface area contributed by atoms with Gasteiger partial charge in [0.15, 0.2) is 0 Å². The van der Waals surface area contributed by atoms with E-state index in [1.807, 2.05) is 0 Å². The molecule has 0 spiro atoms. The Kier molecular flexibility index (Phi) is 13.6. The minimum absolute atomic E-state index is 0.217. The van der Waals surface area contributed by atoms with Crippen LogP contribution in [-0.2, 0) is 0 Å². The molecule has 0 heterocycles. The average molecular weight is 315 g/mol. The van der Waals surface area contributed by atoms with E-state index in [0.717, 1.165) is 38.5 Å². The van der Waals surface area contributed by atoms with E-state index < -0.39 is 5.54 Å². The molecule has 0 radical (unpaired) electrons. The van der Waals surface area contributed by atoms with Crippen LogP contribution in [0.3, 0.4) is 0 Å². The lowest BCUT2D eigenvalue weighted by Gasteiger charge is -2.23. The van der Waals surface area contributed by atoms with Gasteiger partial charge < -0.3 is 5.11 Å². The summed E-state index contributed by atoms with van der Waals surface area (Å²) in [7, 11) is 0. The number of aliphatic hydroxyl groups is 1. The van der Waals surface area contributed by atoms with E-state index in [4.69, 9.17) is 0 Å². The molecule has 1 N–H and O–H groups in total. The maximum Gasteiger partial charge on any atom is 0.244 e. The van der Waals surface area contributed by atoms with Crippen LogP contribution < -0.4 is 0 Å². The van der Waals surface area contributed by atoms with Crippen LogP contribution in [0.5, 0.6) is 0 Å². The van der Waals surface area contributed by atoms with Crippen molar-refractivity contribution in [1.29, 1.82) is 0 Å². The highest BCUT2D eigenvalue weighted by Gasteiger charge is 2.40. The monoisotopic (exact) mass is 315 g/mol. The Morgan fingerprint density at radius 1 is 0.773 bits per heavy atom. The highest BCUT2D eigenvalue weighted by molar-refractivity contribution is 4.78. The fourth-order valence-corrected chi connectivity index (χ4v) is 2.99. The fraction of sp³-hybridized carbons (Fsp3) is 1.00. The number of aliphatic hydroxyl groups excluding tert-OH is 1. The average Bonchev–Trinajstić information content (AvgIpc) is 2.51. The summed E-state index contributed by atoms with van der Waals surface area (Å²) in [6, 6.07) is 0. The molecule has 0 unspecified atom stereocenters. The molecule has 0 rings (SSSR count). The van der Waals surface area contributed by atoms with Gasteiger partial charge in [-0.25, -0.2) is 0 Å². The molecule has 0 aliphatic heterocycles. The minimum atomic E-state index is -1.09. The Hall–Kier alpha value is -0.640. The third-order valence-electron chi connectivity index (χ3n) is 4.67. The summed E-state index contributed by atoms with van der Waals surface area (Å²) in [5, 5.41) is 21.0. The molecular weight excluding hydrogens is 278 g/mol. The zero-order chi connectivity index (χ0) is 16.7. The molecule has 132 valence electrons. The summed E-state index contributed by atoms with van der Waals surface area (Å²) in [5.74, 6) is 0. The highest BCUT2D eigenvalue weighted by Crippen LogP contribution is 2.26. The molecule has 0 aromatic heterocycles. The van der Waals surface area contributed by atoms with E-state index in [1.54, 1.807) is 0 Å². The van der Waals surface area contributed by atoms with Gasteiger partial charge in [0.05, 0.1) is 0 Å². The smallest absolute Gasteiger partial charge is 0.244 e. The first kappa shape index (κ1) is 21.4. The Balaban J connectivity index is 4.04. The standard InChI is InChI=1S/C18H37NO3/c1-3-5-7-9-11-13-15-18(17-20,19(21)22)16-14-12-10-8-6-4-2/h20H,3-17H2,1-2H3. The first-order valence-corrected chi connectivity index (χ1v) is 9.38. The van der Waals surface area contributed by atoms with Gasteiger partial charge in [-0.3, -0.25) is 10.1 Å². The zero-order valence-corrected chi connectivity index (χ0v) is 14.8. The minimum Gasteiger partial charge on any atom is -0.389 e. The molecule has 0 aromatic carbocycles. The van der Waals surface area contributed by atoms with Crippen LogP contribution in [0.25, 0.3) is 0 Å². The van der Waals surface area contributed by atoms with Gasteiger partial charge in [-0.2, -0.15) is 0 Å². The van der Waals surface area contributed by atoms with Crippen LogP contribution in [0, 0.1) is 10.1 Å². The van der Waals surface area contributed by atoms with E-state index in [-0.39, 0.29) is 11.5 Å². The summed E-state index contributed by atoms with van der Waals surface area (Å²) in [6.45, 7) is 4.05. The van der Waals surface area contributed by atoms with Crippen LogP contribution in [0.4, 0.5) is 0 Å². The normalized spacial score (nSPS) is 11.8. The molecule has 0 aliphatic carbocycles. The van der Waals surface area contributed by atoms with Gasteiger partial charge in [-0.05, 0) is 12.8 Å². The van der Waals surface area contributed by atoms with Gasteiger partial charge in [-0.1, -0.05) is 78.1 Å². The van der Waals surface area contributed by atoms with Gasteiger partial charge in [-0.15, -0.1) is 0 Å². The second-order valence-corrected chi connectivity index (χ2v) is 6.68. The van der Waals surface area contributed by atoms with Gasteiger partial charge in [0.2, 0.25) is 5.54 Å². The Bertz CT molecular complexity index is 253. The van der Waals surface area contributed by atoms with Crippen molar-refractivity contribution in [3.05, 3.63) is 10.1 Å². The second kappa shape index (κ2) is 14.0. The number of nitrogens with zero attached hydrogens (tertiary/aromatic N) is 1. The summed E-state index contributed by atoms with van der Waals surface area (Å²) in [6.07, 6.45) is 14.6. The van der Waals surface area contributed by atoms with E-state index in [9.17, 15) is 15.2 Å². The van der Waals surface area contributed by atoms with Crippen molar-refractivity contribution in [3.8, 4) is 0 Å². The van der Waals surface area contributed by atoms with Crippen LogP contribution in [0.2, 0.25) is 0 Å². The molecule has 0 atom stereocenters. The van der Waals surface area contributed by atoms with E-state index in [0.29, 0.717) is 12.8 Å². The Morgan fingerprint density at radius 2 is 1.14 bits per heavy atom. The van der Waals surface area contributed by atoms with Crippen molar-refractivity contribution < 1.29 is 10.0 Å². The first-order valence-electron chi connectivity index (χ1n) is 9.38. The van der Waals surface area contributed by atoms with Gasteiger partial charge >= 0.3 is 0 Å². The number of nitro groups is 1. The number of hydrogen-bond acceptors (Lipinski definition) is 3. The maximum absolute atomic E-state index is 11.4. The Labute approximate surface area is 136 Å². The second-order valence-electron chi connectivity index (χ2n) is 6.68. The molecule has 0 aromatic rings. The van der Waals surface area contributed by atoms with Crippen molar-refractivity contribution in [1.82, 2.24) is 0 Å². The molecule has 0 amide bonds. The van der Waals surface area contributed by atoms with Gasteiger partial charge in [0.1, 0.15) is 6.61 Å². The SMILES string of the molecule is CCCCCCCCC(CO)(CCCCCCCC)[N+](=O)[O-]. The molecule has 0 bridgehead atoms. The van der Waals surface area contributed by atoms with Crippen LogP contribution in [0.15, 0.2) is 0 Å². The highest BCUT2D eigenvalue weighted by atomic mass is 16.6. The van der Waals surface area contributed by atoms with Crippen LogP contribution in [0.1, 0.15) is 104 Å². The van der Waals surface area contributed by atoms with E-state index >= 15 is 0 Å². The molecule has 4 heteroatoms. The molecule has 4 nitrogen and oxygen atoms in total. The lowest BCUT2D eigenvalue weighted by atomic mass is 9.87. The topological polar surface area (TPSA) is 63.4 Å². The van der Waals surface area contributed by atoms with Crippen molar-refractivity contribution in [2.75, 3.05) is 6.61 Å². The summed E-state index contributed by atoms with van der Waals surface area (Å²) >= 11 is 0. The lowest BCUT2D eigenvalue weighted by molar-refractivity contribution is -0.576. The van der Waals surface area contributed by atoms with Gasteiger partial charge in [0, 0.05) is 17.8 Å². The number of unbranched alkanes of at least 4 members (excludes halogenated alkanes) is 10. The van der Waals surface area contributed by atoms with E-state index in [1.165, 1.54) is 38.5 Å².